The van der Waals surface area contributed by atoms with Crippen LogP contribution in [0.25, 0.3) is 0 Å². The van der Waals surface area contributed by atoms with Gasteiger partial charge in [-0.05, 0) is 29.0 Å². The van der Waals surface area contributed by atoms with E-state index in [-0.39, 0.29) is 23.9 Å². The summed E-state index contributed by atoms with van der Waals surface area (Å²) in [7, 11) is 0. The zero-order valence-corrected chi connectivity index (χ0v) is 22.7. The topological polar surface area (TPSA) is 54.4 Å². The van der Waals surface area contributed by atoms with Crippen molar-refractivity contribution in [2.45, 2.75) is 23.9 Å². The number of hydrogen-bond donors (Lipinski definition) is 1. The zero-order valence-electron chi connectivity index (χ0n) is 22.7. The van der Waals surface area contributed by atoms with E-state index in [1.54, 1.807) is 12.1 Å². The van der Waals surface area contributed by atoms with Crippen LogP contribution in [-0.4, -0.2) is 16.7 Å². The minimum atomic E-state index is -1.53. The number of ketones is 2. The predicted octanol–water partition coefficient (Wildman–Crippen LogP) is 7.84. The lowest BCUT2D eigenvalue weighted by Gasteiger charge is -2.51. The van der Waals surface area contributed by atoms with E-state index in [2.05, 4.69) is 0 Å². The second-order valence-corrected chi connectivity index (χ2v) is 10.9. The molecule has 5 aromatic carbocycles. The molecule has 0 aromatic heterocycles. The average Bonchev–Trinajstić information content (AvgIpc) is 3.05. The van der Waals surface area contributed by atoms with E-state index in [0.717, 1.165) is 11.1 Å². The third-order valence-corrected chi connectivity index (χ3v) is 8.61. The Balaban J connectivity index is 1.64. The lowest BCUT2D eigenvalue weighted by Crippen LogP contribution is -2.53. The maximum Gasteiger partial charge on any atom is 0.169 e. The van der Waals surface area contributed by atoms with Crippen LogP contribution in [-0.2, 0) is 5.60 Å². The fourth-order valence-corrected chi connectivity index (χ4v) is 6.77. The Morgan fingerprint density at radius 1 is 0.537 bits per heavy atom. The van der Waals surface area contributed by atoms with Gasteiger partial charge in [0.15, 0.2) is 11.6 Å². The standard InChI is InChI=1S/C38H32O3/c39-36(29-20-10-3-11-21-29)34-32(27-16-6-1-7-17-27)26-38(41,31-24-14-5-15-25-31)35(33(34)28-18-8-2-9-19-28)37(40)30-22-12-4-13-23-30/h1-25,32-35,41H,26H2/t32-,33-,34+,35+,38-/m0/s1. The normalized spacial score (nSPS) is 23.9. The minimum absolute atomic E-state index is 0.0192. The van der Waals surface area contributed by atoms with Crippen LogP contribution in [0.15, 0.2) is 152 Å². The summed E-state index contributed by atoms with van der Waals surface area (Å²) in [6, 6.07) is 47.8. The van der Waals surface area contributed by atoms with Gasteiger partial charge in [-0.3, -0.25) is 9.59 Å². The van der Waals surface area contributed by atoms with Crippen LogP contribution in [0.3, 0.4) is 0 Å². The van der Waals surface area contributed by atoms with E-state index in [1.165, 1.54) is 0 Å². The lowest BCUT2D eigenvalue weighted by molar-refractivity contribution is -0.0690. The van der Waals surface area contributed by atoms with E-state index in [9.17, 15) is 14.7 Å². The third kappa shape index (κ3) is 5.05. The number of carbonyl (C=O) groups is 2. The van der Waals surface area contributed by atoms with E-state index in [4.69, 9.17) is 0 Å². The molecule has 202 valence electrons. The number of aliphatic hydroxyl groups is 1. The van der Waals surface area contributed by atoms with E-state index < -0.39 is 23.4 Å². The van der Waals surface area contributed by atoms with Gasteiger partial charge in [-0.2, -0.15) is 0 Å². The molecule has 0 saturated heterocycles. The smallest absolute Gasteiger partial charge is 0.169 e. The van der Waals surface area contributed by atoms with Gasteiger partial charge in [0.25, 0.3) is 0 Å². The summed E-state index contributed by atoms with van der Waals surface area (Å²) >= 11 is 0. The number of hydrogen-bond acceptors (Lipinski definition) is 3. The van der Waals surface area contributed by atoms with Crippen molar-refractivity contribution in [3.05, 3.63) is 179 Å². The van der Waals surface area contributed by atoms with Gasteiger partial charge in [0.05, 0.1) is 5.92 Å². The zero-order chi connectivity index (χ0) is 28.2. The van der Waals surface area contributed by atoms with Crippen LogP contribution >= 0.6 is 0 Å². The van der Waals surface area contributed by atoms with Gasteiger partial charge in [0.1, 0.15) is 5.60 Å². The van der Waals surface area contributed by atoms with Crippen LogP contribution in [0.4, 0.5) is 0 Å². The molecule has 0 heterocycles. The van der Waals surface area contributed by atoms with Gasteiger partial charge in [0.2, 0.25) is 0 Å². The van der Waals surface area contributed by atoms with Crippen LogP contribution in [0.1, 0.15) is 55.7 Å². The van der Waals surface area contributed by atoms with Gasteiger partial charge in [-0.1, -0.05) is 152 Å². The number of rotatable bonds is 7. The first-order valence-electron chi connectivity index (χ1n) is 14.1. The third-order valence-electron chi connectivity index (χ3n) is 8.61. The van der Waals surface area contributed by atoms with Gasteiger partial charge in [-0.15, -0.1) is 0 Å². The highest BCUT2D eigenvalue weighted by Crippen LogP contribution is 2.58. The molecule has 0 amide bonds. The first-order valence-corrected chi connectivity index (χ1v) is 14.1. The van der Waals surface area contributed by atoms with Crippen molar-refractivity contribution in [3.8, 4) is 0 Å². The Bertz CT molecular complexity index is 1600. The van der Waals surface area contributed by atoms with E-state index in [0.29, 0.717) is 16.7 Å². The molecule has 3 heteroatoms. The molecular weight excluding hydrogens is 504 g/mol. The van der Waals surface area contributed by atoms with Crippen LogP contribution in [0.5, 0.6) is 0 Å². The summed E-state index contributed by atoms with van der Waals surface area (Å²) in [6.45, 7) is 0. The molecular formula is C38H32O3. The summed E-state index contributed by atoms with van der Waals surface area (Å²) in [4.78, 5) is 29.3. The van der Waals surface area contributed by atoms with Gasteiger partial charge >= 0.3 is 0 Å². The minimum Gasteiger partial charge on any atom is -0.384 e. The molecule has 5 atom stereocenters. The first-order chi connectivity index (χ1) is 20.1. The van der Waals surface area contributed by atoms with E-state index in [1.807, 2.05) is 140 Å². The maximum atomic E-state index is 14.6. The second-order valence-electron chi connectivity index (χ2n) is 10.9. The molecule has 1 aliphatic carbocycles. The van der Waals surface area contributed by atoms with Crippen molar-refractivity contribution in [2.24, 2.45) is 11.8 Å². The Morgan fingerprint density at radius 3 is 1.46 bits per heavy atom. The molecule has 3 nitrogen and oxygen atoms in total. The molecule has 6 rings (SSSR count). The van der Waals surface area contributed by atoms with Crippen molar-refractivity contribution in [2.75, 3.05) is 0 Å². The molecule has 0 bridgehead atoms. The Morgan fingerprint density at radius 2 is 0.951 bits per heavy atom. The first kappa shape index (κ1) is 26.6. The van der Waals surface area contributed by atoms with Crippen molar-refractivity contribution < 1.29 is 14.7 Å². The van der Waals surface area contributed by atoms with Crippen molar-refractivity contribution >= 4 is 11.6 Å². The second kappa shape index (κ2) is 11.5. The van der Waals surface area contributed by atoms with E-state index >= 15 is 0 Å². The molecule has 0 spiro atoms. The highest BCUT2D eigenvalue weighted by molar-refractivity contribution is 6.03. The van der Waals surface area contributed by atoms with Crippen molar-refractivity contribution in [3.63, 3.8) is 0 Å². The highest BCUT2D eigenvalue weighted by atomic mass is 16.3. The number of benzene rings is 5. The quantitative estimate of drug-likeness (QED) is 0.216. The molecule has 0 unspecified atom stereocenters. The van der Waals surface area contributed by atoms with Gasteiger partial charge in [-0.25, -0.2) is 0 Å². The fourth-order valence-electron chi connectivity index (χ4n) is 6.77. The number of Topliss-reactive ketones (excluding diaryl/α,β-unsaturated/α-hetero) is 2. The summed E-state index contributed by atoms with van der Waals surface area (Å²) in [5, 5.41) is 12.9. The van der Waals surface area contributed by atoms with Gasteiger partial charge < -0.3 is 5.11 Å². The highest BCUT2D eigenvalue weighted by Gasteiger charge is 2.58. The summed E-state index contributed by atoms with van der Waals surface area (Å²) in [5.41, 5.74) is 2.13. The van der Waals surface area contributed by atoms with Crippen LogP contribution in [0, 0.1) is 11.8 Å². The summed E-state index contributed by atoms with van der Waals surface area (Å²) in [5.74, 6) is -2.58. The molecule has 41 heavy (non-hydrogen) atoms. The molecule has 0 radical (unpaired) electrons. The maximum absolute atomic E-state index is 14.6. The average molecular weight is 537 g/mol. The Labute approximate surface area is 241 Å². The SMILES string of the molecule is O=C(c1ccccc1)[C@H]1[C@H](c2ccccc2)[C@H](C(=O)c2ccccc2)[C@@](O)(c2ccccc2)C[C@H]1c1ccccc1. The fraction of sp³-hybridized carbons (Fsp3) is 0.158. The molecule has 1 saturated carbocycles. The molecule has 0 aliphatic heterocycles. The largest absolute Gasteiger partial charge is 0.384 e. The summed E-state index contributed by atoms with van der Waals surface area (Å²) < 4.78 is 0. The van der Waals surface area contributed by atoms with Crippen molar-refractivity contribution in [1.29, 1.82) is 0 Å². The summed E-state index contributed by atoms with van der Waals surface area (Å²) in [6.07, 6.45) is 0.233. The predicted molar refractivity (Wildman–Crippen MR) is 162 cm³/mol. The Kier molecular flexibility index (Phi) is 7.45. The molecule has 1 aliphatic rings. The van der Waals surface area contributed by atoms with Crippen molar-refractivity contribution in [1.82, 2.24) is 0 Å². The lowest BCUT2D eigenvalue weighted by atomic mass is 9.52. The van der Waals surface area contributed by atoms with Gasteiger partial charge in [0, 0.05) is 23.0 Å². The Hall–Kier alpha value is -4.60. The monoisotopic (exact) mass is 536 g/mol. The number of carbonyl (C=O) groups excluding carboxylic acids is 2. The molecule has 1 fully saturated rings. The van der Waals surface area contributed by atoms with Crippen LogP contribution in [0.2, 0.25) is 0 Å². The molecule has 5 aromatic rings. The van der Waals surface area contributed by atoms with Crippen LogP contribution < -0.4 is 0 Å². The molecule has 1 N–H and O–H groups in total.